The molecule has 0 unspecified atom stereocenters. The smallest absolute Gasteiger partial charge is 0.293 e. The second-order valence-electron chi connectivity index (χ2n) is 4.48. The molecular weight excluding hydrogens is 232 g/mol. The van der Waals surface area contributed by atoms with Crippen LogP contribution >= 0.6 is 0 Å². The van der Waals surface area contributed by atoms with Crippen LogP contribution in [0.5, 0.6) is 0 Å². The highest BCUT2D eigenvalue weighted by Gasteiger charge is 2.06. The molecule has 1 aromatic rings. The molecule has 6 heteroatoms. The first kappa shape index (κ1) is 14.2. The summed E-state index contributed by atoms with van der Waals surface area (Å²) in [5.74, 6) is 0.617. The zero-order chi connectivity index (χ0) is 13.5. The Kier molecular flexibility index (Phi) is 5.35. The Bertz CT molecular complexity index is 454. The normalized spacial score (nSPS) is 10.4. The van der Waals surface area contributed by atoms with Crippen LogP contribution in [0.2, 0.25) is 0 Å². The van der Waals surface area contributed by atoms with Gasteiger partial charge in [-0.05, 0) is 5.92 Å². The van der Waals surface area contributed by atoms with Gasteiger partial charge in [-0.3, -0.25) is 9.59 Å². The predicted octanol–water partition coefficient (Wildman–Crippen LogP) is 0.447. The molecule has 1 rings (SSSR count). The van der Waals surface area contributed by atoms with Gasteiger partial charge in [-0.2, -0.15) is 0 Å². The lowest BCUT2D eigenvalue weighted by molar-refractivity contribution is -0.120. The molecule has 0 atom stereocenters. The molecule has 1 heterocycles. The summed E-state index contributed by atoms with van der Waals surface area (Å²) >= 11 is 0. The van der Waals surface area contributed by atoms with Gasteiger partial charge in [0, 0.05) is 39.0 Å². The highest BCUT2D eigenvalue weighted by molar-refractivity contribution is 5.75. The quantitative estimate of drug-likeness (QED) is 0.770. The van der Waals surface area contributed by atoms with Gasteiger partial charge in [0.15, 0.2) is 5.82 Å². The van der Waals surface area contributed by atoms with Gasteiger partial charge in [0.05, 0.1) is 0 Å². The van der Waals surface area contributed by atoms with Crippen LogP contribution in [0.3, 0.4) is 0 Å². The summed E-state index contributed by atoms with van der Waals surface area (Å²) in [6, 6.07) is 0. The van der Waals surface area contributed by atoms with Crippen LogP contribution in [0, 0.1) is 5.92 Å². The number of anilines is 1. The lowest BCUT2D eigenvalue weighted by Crippen LogP contribution is -2.27. The molecule has 0 aromatic carbocycles. The standard InChI is InChI=1S/C12H20N4O2/c1-9(2)8-16-7-6-15-11(12(16)18)14-5-4-10(17)13-3/h6-7,9H,4-5,8H2,1-3H3,(H,13,17)(H,14,15). The van der Waals surface area contributed by atoms with Crippen LogP contribution < -0.4 is 16.2 Å². The van der Waals surface area contributed by atoms with Crippen molar-refractivity contribution in [2.24, 2.45) is 5.92 Å². The molecule has 2 N–H and O–H groups in total. The van der Waals surface area contributed by atoms with Crippen molar-refractivity contribution in [3.05, 3.63) is 22.7 Å². The maximum Gasteiger partial charge on any atom is 0.293 e. The van der Waals surface area contributed by atoms with E-state index in [9.17, 15) is 9.59 Å². The van der Waals surface area contributed by atoms with Crippen molar-refractivity contribution >= 4 is 11.7 Å². The van der Waals surface area contributed by atoms with Gasteiger partial charge in [0.1, 0.15) is 0 Å². The minimum atomic E-state index is -0.150. The number of hydrogen-bond donors (Lipinski definition) is 2. The number of nitrogens with zero attached hydrogens (tertiary/aromatic N) is 2. The number of aromatic nitrogens is 2. The van der Waals surface area contributed by atoms with Crippen LogP contribution in [-0.4, -0.2) is 29.1 Å². The molecule has 0 saturated carbocycles. The minimum Gasteiger partial charge on any atom is -0.365 e. The molecule has 0 radical (unpaired) electrons. The van der Waals surface area contributed by atoms with E-state index in [1.54, 1.807) is 24.0 Å². The third-order valence-electron chi connectivity index (χ3n) is 2.40. The molecule has 0 saturated heterocycles. The molecule has 100 valence electrons. The van der Waals surface area contributed by atoms with E-state index in [0.29, 0.717) is 31.2 Å². The summed E-state index contributed by atoms with van der Waals surface area (Å²) < 4.78 is 1.62. The Labute approximate surface area is 106 Å². The van der Waals surface area contributed by atoms with Gasteiger partial charge in [0.2, 0.25) is 5.91 Å². The summed E-state index contributed by atoms with van der Waals surface area (Å²) in [6.07, 6.45) is 3.58. The highest BCUT2D eigenvalue weighted by Crippen LogP contribution is 1.98. The molecule has 0 aliphatic rings. The molecule has 0 bridgehead atoms. The number of nitrogens with one attached hydrogen (secondary N) is 2. The highest BCUT2D eigenvalue weighted by atomic mass is 16.1. The Hall–Kier alpha value is -1.85. The molecular formula is C12H20N4O2. The van der Waals surface area contributed by atoms with Crippen LogP contribution in [0.25, 0.3) is 0 Å². The average Bonchev–Trinajstić information content (AvgIpc) is 2.33. The SMILES string of the molecule is CNC(=O)CCNc1nccn(CC(C)C)c1=O. The minimum absolute atomic E-state index is 0.0686. The molecule has 0 aliphatic heterocycles. The number of carbonyl (C=O) groups is 1. The van der Waals surface area contributed by atoms with Gasteiger partial charge < -0.3 is 15.2 Å². The van der Waals surface area contributed by atoms with Crippen LogP contribution in [-0.2, 0) is 11.3 Å². The van der Waals surface area contributed by atoms with Crippen molar-refractivity contribution in [1.29, 1.82) is 0 Å². The molecule has 1 aromatic heterocycles. The first-order chi connectivity index (χ1) is 8.54. The predicted molar refractivity (Wildman–Crippen MR) is 70.5 cm³/mol. The summed E-state index contributed by atoms with van der Waals surface area (Å²) in [5.41, 5.74) is -0.150. The molecule has 0 aliphatic carbocycles. The number of carbonyl (C=O) groups excluding carboxylic acids is 1. The van der Waals surface area contributed by atoms with Gasteiger partial charge in [-0.15, -0.1) is 0 Å². The average molecular weight is 252 g/mol. The first-order valence-electron chi connectivity index (χ1n) is 6.04. The van der Waals surface area contributed by atoms with Crippen molar-refractivity contribution in [2.75, 3.05) is 18.9 Å². The van der Waals surface area contributed by atoms with E-state index in [4.69, 9.17) is 0 Å². The summed E-state index contributed by atoms with van der Waals surface area (Å²) in [5, 5.41) is 5.41. The number of hydrogen-bond acceptors (Lipinski definition) is 4. The zero-order valence-corrected chi connectivity index (χ0v) is 11.1. The second kappa shape index (κ2) is 6.78. The monoisotopic (exact) mass is 252 g/mol. The summed E-state index contributed by atoms with van der Waals surface area (Å²) in [7, 11) is 1.58. The van der Waals surface area contributed by atoms with Crippen molar-refractivity contribution in [3.8, 4) is 0 Å². The van der Waals surface area contributed by atoms with Crippen molar-refractivity contribution in [3.63, 3.8) is 0 Å². The van der Waals surface area contributed by atoms with E-state index in [-0.39, 0.29) is 11.5 Å². The molecule has 1 amide bonds. The molecule has 0 fully saturated rings. The summed E-state index contributed by atoms with van der Waals surface area (Å²) in [6.45, 7) is 5.15. The fourth-order valence-electron chi connectivity index (χ4n) is 1.53. The van der Waals surface area contributed by atoms with E-state index in [1.807, 2.05) is 13.8 Å². The van der Waals surface area contributed by atoms with Gasteiger partial charge in [0.25, 0.3) is 5.56 Å². The van der Waals surface area contributed by atoms with Gasteiger partial charge in [-0.1, -0.05) is 13.8 Å². The molecule has 0 spiro atoms. The number of rotatable bonds is 6. The van der Waals surface area contributed by atoms with E-state index in [1.165, 1.54) is 0 Å². The van der Waals surface area contributed by atoms with Crippen LogP contribution in [0.15, 0.2) is 17.2 Å². The topological polar surface area (TPSA) is 76.0 Å². The Morgan fingerprint density at radius 3 is 2.83 bits per heavy atom. The lowest BCUT2D eigenvalue weighted by Gasteiger charge is -2.10. The van der Waals surface area contributed by atoms with Crippen LogP contribution in [0.4, 0.5) is 5.82 Å². The fourth-order valence-corrected chi connectivity index (χ4v) is 1.53. The first-order valence-corrected chi connectivity index (χ1v) is 6.04. The van der Waals surface area contributed by atoms with Crippen LogP contribution in [0.1, 0.15) is 20.3 Å². The number of amides is 1. The summed E-state index contributed by atoms with van der Waals surface area (Å²) in [4.78, 5) is 27.0. The Morgan fingerprint density at radius 2 is 2.22 bits per heavy atom. The van der Waals surface area contributed by atoms with Gasteiger partial charge >= 0.3 is 0 Å². The largest absolute Gasteiger partial charge is 0.365 e. The maximum absolute atomic E-state index is 12.0. The van der Waals surface area contributed by atoms with E-state index < -0.39 is 0 Å². The van der Waals surface area contributed by atoms with Crippen molar-refractivity contribution < 1.29 is 4.79 Å². The molecule has 18 heavy (non-hydrogen) atoms. The van der Waals surface area contributed by atoms with E-state index >= 15 is 0 Å². The third kappa shape index (κ3) is 4.20. The lowest BCUT2D eigenvalue weighted by atomic mass is 10.2. The van der Waals surface area contributed by atoms with Crippen molar-refractivity contribution in [1.82, 2.24) is 14.9 Å². The Morgan fingerprint density at radius 1 is 1.50 bits per heavy atom. The third-order valence-corrected chi connectivity index (χ3v) is 2.40. The Balaban J connectivity index is 2.66. The fraction of sp³-hybridized carbons (Fsp3) is 0.583. The van der Waals surface area contributed by atoms with E-state index in [0.717, 1.165) is 0 Å². The van der Waals surface area contributed by atoms with Gasteiger partial charge in [-0.25, -0.2) is 4.98 Å². The van der Waals surface area contributed by atoms with Crippen molar-refractivity contribution in [2.45, 2.75) is 26.8 Å². The second-order valence-corrected chi connectivity index (χ2v) is 4.48. The van der Waals surface area contributed by atoms with E-state index in [2.05, 4.69) is 15.6 Å². The molecule has 6 nitrogen and oxygen atoms in total. The maximum atomic E-state index is 12.0. The zero-order valence-electron chi connectivity index (χ0n) is 11.1.